The number of thioether (sulfide) groups is 1. The van der Waals surface area contributed by atoms with Gasteiger partial charge in [-0.3, -0.25) is 14.5 Å². The van der Waals surface area contributed by atoms with Crippen LogP contribution in [0.5, 0.6) is 5.75 Å². The average molecular weight is 632 g/mol. The number of furan rings is 1. The Bertz CT molecular complexity index is 2080. The van der Waals surface area contributed by atoms with Crippen LogP contribution in [0.1, 0.15) is 27.7 Å². The number of amides is 1. The van der Waals surface area contributed by atoms with Crippen molar-refractivity contribution in [3.05, 3.63) is 138 Å². The standard InChI is InChI=1S/C35H25N3O5S2/c1-2-18-42-25-16-14-22(15-17-25)30-29(31(39)28-19-23-9-4-6-13-27(23)43-28)32(40)33(41)38(30)34-36-37-35(45-34)44-20-24-11-7-10-21-8-3-5-12-26(21)24/h2-17,19,30,40H,1,18,20H2. The summed E-state index contributed by atoms with van der Waals surface area (Å²) in [5.41, 5.74) is 2.16. The summed E-state index contributed by atoms with van der Waals surface area (Å²) in [5.74, 6) is -0.723. The summed E-state index contributed by atoms with van der Waals surface area (Å²) in [7, 11) is 0. The highest BCUT2D eigenvalue weighted by Gasteiger charge is 2.46. The van der Waals surface area contributed by atoms with Gasteiger partial charge in [0, 0.05) is 11.1 Å². The van der Waals surface area contributed by atoms with Crippen LogP contribution in [0.4, 0.5) is 5.13 Å². The summed E-state index contributed by atoms with van der Waals surface area (Å²) in [6, 6.07) is 29.2. The summed E-state index contributed by atoms with van der Waals surface area (Å²) < 4.78 is 12.1. The van der Waals surface area contributed by atoms with Gasteiger partial charge >= 0.3 is 0 Å². The molecule has 3 heterocycles. The van der Waals surface area contributed by atoms with Gasteiger partial charge in [-0.05, 0) is 46.2 Å². The van der Waals surface area contributed by atoms with E-state index in [1.165, 1.54) is 28.0 Å². The maximum Gasteiger partial charge on any atom is 0.296 e. The third kappa shape index (κ3) is 5.39. The first-order chi connectivity index (χ1) is 22.0. The van der Waals surface area contributed by atoms with E-state index >= 15 is 0 Å². The molecule has 7 rings (SSSR count). The summed E-state index contributed by atoms with van der Waals surface area (Å²) in [6.45, 7) is 4.00. The first-order valence-corrected chi connectivity index (χ1v) is 15.9. The van der Waals surface area contributed by atoms with E-state index in [0.29, 0.717) is 33.6 Å². The van der Waals surface area contributed by atoms with Crippen LogP contribution < -0.4 is 9.64 Å². The molecule has 1 aliphatic heterocycles. The lowest BCUT2D eigenvalue weighted by atomic mass is 9.95. The van der Waals surface area contributed by atoms with Crippen molar-refractivity contribution in [2.24, 2.45) is 0 Å². The third-order valence-corrected chi connectivity index (χ3v) is 9.60. The Labute approximate surface area is 266 Å². The molecule has 1 atom stereocenters. The van der Waals surface area contributed by atoms with Crippen LogP contribution in [0, 0.1) is 0 Å². The van der Waals surface area contributed by atoms with E-state index in [-0.39, 0.29) is 16.5 Å². The molecule has 10 heteroatoms. The van der Waals surface area contributed by atoms with Crippen LogP contribution >= 0.6 is 23.1 Å². The number of aliphatic hydroxyl groups is 1. The maximum absolute atomic E-state index is 14.0. The van der Waals surface area contributed by atoms with Crippen molar-refractivity contribution in [2.45, 2.75) is 16.1 Å². The predicted octanol–water partition coefficient (Wildman–Crippen LogP) is 8.08. The first kappa shape index (κ1) is 28.6. The lowest BCUT2D eigenvalue weighted by molar-refractivity contribution is -0.117. The zero-order valence-corrected chi connectivity index (χ0v) is 25.4. The van der Waals surface area contributed by atoms with Crippen molar-refractivity contribution < 1.29 is 23.8 Å². The quantitative estimate of drug-likeness (QED) is 0.0700. The second kappa shape index (κ2) is 12.1. The Morgan fingerprint density at radius 1 is 1.00 bits per heavy atom. The van der Waals surface area contributed by atoms with Gasteiger partial charge in [0.25, 0.3) is 5.91 Å². The van der Waals surface area contributed by atoms with E-state index in [4.69, 9.17) is 9.15 Å². The molecule has 8 nitrogen and oxygen atoms in total. The van der Waals surface area contributed by atoms with Gasteiger partial charge in [0.1, 0.15) is 17.9 Å². The van der Waals surface area contributed by atoms with E-state index in [2.05, 4.69) is 41.0 Å². The zero-order valence-electron chi connectivity index (χ0n) is 23.8. The van der Waals surface area contributed by atoms with Crippen LogP contribution in [-0.4, -0.2) is 33.6 Å². The molecular formula is C35H25N3O5S2. The van der Waals surface area contributed by atoms with Crippen LogP contribution in [0.15, 0.2) is 130 Å². The highest BCUT2D eigenvalue weighted by molar-refractivity contribution is 8.00. The Kier molecular flexibility index (Phi) is 7.66. The third-order valence-electron chi connectivity index (χ3n) is 7.50. The number of ether oxygens (including phenoxy) is 1. The van der Waals surface area contributed by atoms with E-state index in [1.807, 2.05) is 36.4 Å². The van der Waals surface area contributed by atoms with Crippen LogP contribution in [0.2, 0.25) is 0 Å². The number of anilines is 1. The van der Waals surface area contributed by atoms with Gasteiger partial charge in [-0.15, -0.1) is 10.2 Å². The SMILES string of the molecule is C=CCOc1ccc(C2C(C(=O)c3cc4ccccc4o3)=C(O)C(=O)N2c2nnc(SCc3cccc4ccccc34)s2)cc1. The topological polar surface area (TPSA) is 106 Å². The number of rotatable bonds is 10. The van der Waals surface area contributed by atoms with Crippen molar-refractivity contribution in [1.82, 2.24) is 10.2 Å². The molecule has 0 saturated heterocycles. The predicted molar refractivity (Wildman–Crippen MR) is 176 cm³/mol. The molecule has 1 aliphatic rings. The van der Waals surface area contributed by atoms with E-state index < -0.39 is 23.5 Å². The number of benzene rings is 4. The molecular weight excluding hydrogens is 607 g/mol. The Morgan fingerprint density at radius 2 is 1.76 bits per heavy atom. The van der Waals surface area contributed by atoms with Gasteiger partial charge < -0.3 is 14.3 Å². The number of nitrogens with zero attached hydrogens (tertiary/aromatic N) is 3. The number of hydrogen-bond donors (Lipinski definition) is 1. The monoisotopic (exact) mass is 631 g/mol. The fourth-order valence-electron chi connectivity index (χ4n) is 5.39. The van der Waals surface area contributed by atoms with E-state index in [9.17, 15) is 14.7 Å². The molecule has 45 heavy (non-hydrogen) atoms. The fourth-order valence-corrected chi connectivity index (χ4v) is 7.27. The molecule has 0 radical (unpaired) electrons. The van der Waals surface area contributed by atoms with Crippen molar-refractivity contribution in [1.29, 1.82) is 0 Å². The van der Waals surface area contributed by atoms with Gasteiger partial charge in [0.05, 0.1) is 11.6 Å². The van der Waals surface area contributed by atoms with Gasteiger partial charge in [0.2, 0.25) is 10.9 Å². The zero-order chi connectivity index (χ0) is 30.9. The van der Waals surface area contributed by atoms with Gasteiger partial charge in [0.15, 0.2) is 15.9 Å². The Morgan fingerprint density at radius 3 is 2.56 bits per heavy atom. The molecule has 0 fully saturated rings. The molecule has 1 amide bonds. The van der Waals surface area contributed by atoms with Crippen molar-refractivity contribution >= 4 is 61.7 Å². The van der Waals surface area contributed by atoms with Crippen molar-refractivity contribution in [3.63, 3.8) is 0 Å². The normalized spacial score (nSPS) is 14.9. The number of aliphatic hydroxyl groups excluding tert-OH is 1. The maximum atomic E-state index is 14.0. The number of carbonyl (C=O) groups excluding carboxylic acids is 2. The number of hydrogen-bond acceptors (Lipinski definition) is 9. The minimum atomic E-state index is -0.976. The molecule has 1 N–H and O–H groups in total. The number of ketones is 1. The van der Waals surface area contributed by atoms with Crippen LogP contribution in [0.3, 0.4) is 0 Å². The first-order valence-electron chi connectivity index (χ1n) is 14.1. The number of fused-ring (bicyclic) bond motifs is 2. The molecule has 1 unspecified atom stereocenters. The fraction of sp³-hybridized carbons (Fsp3) is 0.0857. The molecule has 0 spiro atoms. The van der Waals surface area contributed by atoms with E-state index in [1.54, 1.807) is 42.5 Å². The van der Waals surface area contributed by atoms with Crippen molar-refractivity contribution in [3.8, 4) is 5.75 Å². The highest BCUT2D eigenvalue weighted by atomic mass is 32.2. The van der Waals surface area contributed by atoms with Gasteiger partial charge in [-0.1, -0.05) is 109 Å². The molecule has 2 aromatic heterocycles. The lowest BCUT2D eigenvalue weighted by Crippen LogP contribution is -2.31. The summed E-state index contributed by atoms with van der Waals surface area (Å²) in [5, 5.41) is 23.2. The van der Waals surface area contributed by atoms with Crippen molar-refractivity contribution in [2.75, 3.05) is 11.5 Å². The van der Waals surface area contributed by atoms with Crippen LogP contribution in [0.25, 0.3) is 21.7 Å². The summed E-state index contributed by atoms with van der Waals surface area (Å²) >= 11 is 2.73. The number of para-hydroxylation sites is 1. The van der Waals surface area contributed by atoms with Gasteiger partial charge in [-0.2, -0.15) is 0 Å². The second-order valence-corrected chi connectivity index (χ2v) is 12.4. The molecule has 0 saturated carbocycles. The highest BCUT2D eigenvalue weighted by Crippen LogP contribution is 2.44. The number of carbonyl (C=O) groups is 2. The number of Topliss-reactive ketones (excluding diaryl/α,β-unsaturated/α-hetero) is 1. The molecule has 6 aromatic rings. The van der Waals surface area contributed by atoms with Crippen LogP contribution in [-0.2, 0) is 10.5 Å². The van der Waals surface area contributed by atoms with Gasteiger partial charge in [-0.25, -0.2) is 0 Å². The number of aromatic nitrogens is 2. The molecule has 4 aromatic carbocycles. The van der Waals surface area contributed by atoms with E-state index in [0.717, 1.165) is 21.7 Å². The summed E-state index contributed by atoms with van der Waals surface area (Å²) in [6.07, 6.45) is 1.64. The molecule has 0 aliphatic carbocycles. The smallest absolute Gasteiger partial charge is 0.296 e. The Hall–Kier alpha value is -5.19. The molecule has 0 bridgehead atoms. The molecule has 222 valence electrons. The largest absolute Gasteiger partial charge is 0.503 e. The lowest BCUT2D eigenvalue weighted by Gasteiger charge is -2.24. The Balaban J connectivity index is 1.23. The minimum Gasteiger partial charge on any atom is -0.503 e. The summed E-state index contributed by atoms with van der Waals surface area (Å²) in [4.78, 5) is 29.0. The second-order valence-electron chi connectivity index (χ2n) is 10.3. The average Bonchev–Trinajstić information content (AvgIpc) is 3.79. The minimum absolute atomic E-state index is 0.0203.